The summed E-state index contributed by atoms with van der Waals surface area (Å²) in [5, 5.41) is 5.90. The molecule has 1 heterocycles. The average molecular weight is 381 g/mol. The van der Waals surface area contributed by atoms with E-state index in [1.807, 2.05) is 41.3 Å². The molecule has 0 aromatic heterocycles. The Bertz CT molecular complexity index is 797. The first kappa shape index (κ1) is 19.7. The van der Waals surface area contributed by atoms with Crippen molar-refractivity contribution >= 4 is 23.2 Å². The van der Waals surface area contributed by atoms with Gasteiger partial charge in [0.2, 0.25) is 5.91 Å². The maximum atomic E-state index is 12.6. The smallest absolute Gasteiger partial charge is 0.253 e. The van der Waals surface area contributed by atoms with Gasteiger partial charge in [0, 0.05) is 24.3 Å². The van der Waals surface area contributed by atoms with E-state index in [0.29, 0.717) is 17.0 Å². The van der Waals surface area contributed by atoms with Crippen LogP contribution in [0.25, 0.3) is 0 Å². The number of carbonyl (C=O) groups is 2. The molecule has 1 aliphatic heterocycles. The van der Waals surface area contributed by atoms with Crippen LogP contribution in [0, 0.1) is 0 Å². The molecular weight excluding hydrogens is 354 g/mol. The molecule has 6 nitrogen and oxygen atoms in total. The van der Waals surface area contributed by atoms with Crippen molar-refractivity contribution in [2.75, 3.05) is 37.4 Å². The number of rotatable bonds is 6. The molecule has 28 heavy (non-hydrogen) atoms. The number of nitrogens with one attached hydrogen (secondary N) is 2. The minimum atomic E-state index is -0.172. The molecule has 0 saturated carbocycles. The fourth-order valence-electron chi connectivity index (χ4n) is 3.31. The molecule has 2 amide bonds. The Hall–Kier alpha value is -3.02. The van der Waals surface area contributed by atoms with Gasteiger partial charge in [-0.05, 0) is 49.2 Å². The highest BCUT2D eigenvalue weighted by Crippen LogP contribution is 2.23. The number of benzene rings is 2. The van der Waals surface area contributed by atoms with Gasteiger partial charge >= 0.3 is 0 Å². The maximum absolute atomic E-state index is 12.6. The number of likely N-dealkylation sites (tertiary alicyclic amines) is 1. The SMILES string of the molecule is COc1ccccc1NC(=O)CNc1ccc(C(=O)N2CCCCCC2)cc1. The molecule has 0 unspecified atom stereocenters. The van der Waals surface area contributed by atoms with Crippen LogP contribution in [0.15, 0.2) is 48.5 Å². The highest BCUT2D eigenvalue weighted by Gasteiger charge is 2.17. The van der Waals surface area contributed by atoms with Crippen LogP contribution < -0.4 is 15.4 Å². The van der Waals surface area contributed by atoms with E-state index in [9.17, 15) is 9.59 Å². The molecule has 2 N–H and O–H groups in total. The van der Waals surface area contributed by atoms with E-state index >= 15 is 0 Å². The largest absolute Gasteiger partial charge is 0.495 e. The molecule has 0 radical (unpaired) electrons. The Morgan fingerprint density at radius 1 is 0.964 bits per heavy atom. The number of carbonyl (C=O) groups excluding carboxylic acids is 2. The first-order chi connectivity index (χ1) is 13.7. The lowest BCUT2D eigenvalue weighted by atomic mass is 10.1. The molecule has 1 aliphatic rings. The Balaban J connectivity index is 1.52. The normalized spacial score (nSPS) is 14.1. The monoisotopic (exact) mass is 381 g/mol. The molecule has 2 aromatic carbocycles. The molecule has 1 fully saturated rings. The molecule has 0 aliphatic carbocycles. The Labute approximate surface area is 165 Å². The van der Waals surface area contributed by atoms with Crippen molar-refractivity contribution in [1.82, 2.24) is 4.90 Å². The summed E-state index contributed by atoms with van der Waals surface area (Å²) < 4.78 is 5.23. The van der Waals surface area contributed by atoms with Gasteiger partial charge in [0.25, 0.3) is 5.91 Å². The molecule has 148 valence electrons. The quantitative estimate of drug-likeness (QED) is 0.799. The minimum Gasteiger partial charge on any atom is -0.495 e. The number of amides is 2. The summed E-state index contributed by atoms with van der Waals surface area (Å²) in [4.78, 5) is 26.7. The second-order valence-corrected chi connectivity index (χ2v) is 6.89. The molecule has 0 bridgehead atoms. The number of hydrogen-bond donors (Lipinski definition) is 2. The molecule has 0 atom stereocenters. The van der Waals surface area contributed by atoms with Crippen molar-refractivity contribution in [3.05, 3.63) is 54.1 Å². The van der Waals surface area contributed by atoms with Gasteiger partial charge in [0.05, 0.1) is 19.3 Å². The van der Waals surface area contributed by atoms with Crippen LogP contribution in [-0.2, 0) is 4.79 Å². The molecule has 2 aromatic rings. The van der Waals surface area contributed by atoms with Crippen molar-refractivity contribution in [1.29, 1.82) is 0 Å². The predicted octanol–water partition coefficient (Wildman–Crippen LogP) is 3.76. The number of anilines is 2. The summed E-state index contributed by atoms with van der Waals surface area (Å²) in [6.07, 6.45) is 4.55. The molecule has 1 saturated heterocycles. The third-order valence-corrected chi connectivity index (χ3v) is 4.86. The van der Waals surface area contributed by atoms with Gasteiger partial charge in [-0.2, -0.15) is 0 Å². The molecular formula is C22H27N3O3. The zero-order chi connectivity index (χ0) is 19.8. The van der Waals surface area contributed by atoms with Crippen LogP contribution in [0.3, 0.4) is 0 Å². The first-order valence-electron chi connectivity index (χ1n) is 9.73. The second-order valence-electron chi connectivity index (χ2n) is 6.89. The third-order valence-electron chi connectivity index (χ3n) is 4.86. The van der Waals surface area contributed by atoms with Crippen molar-refractivity contribution in [2.24, 2.45) is 0 Å². The fourth-order valence-corrected chi connectivity index (χ4v) is 3.31. The van der Waals surface area contributed by atoms with Crippen molar-refractivity contribution in [3.8, 4) is 5.75 Å². The van der Waals surface area contributed by atoms with Crippen molar-refractivity contribution < 1.29 is 14.3 Å². The second kappa shape index (κ2) is 9.78. The predicted molar refractivity (Wildman–Crippen MR) is 111 cm³/mol. The van der Waals surface area contributed by atoms with E-state index in [1.54, 1.807) is 19.2 Å². The van der Waals surface area contributed by atoms with Gasteiger partial charge in [0.1, 0.15) is 5.75 Å². The van der Waals surface area contributed by atoms with Gasteiger partial charge in [-0.25, -0.2) is 0 Å². The Morgan fingerprint density at radius 3 is 2.32 bits per heavy atom. The van der Waals surface area contributed by atoms with Crippen LogP contribution in [0.1, 0.15) is 36.0 Å². The summed E-state index contributed by atoms with van der Waals surface area (Å²) in [5.74, 6) is 0.531. The summed E-state index contributed by atoms with van der Waals surface area (Å²) in [6, 6.07) is 14.6. The maximum Gasteiger partial charge on any atom is 0.253 e. The summed E-state index contributed by atoms with van der Waals surface area (Å²) in [6.45, 7) is 1.79. The minimum absolute atomic E-state index is 0.0855. The average Bonchev–Trinajstić information content (AvgIpc) is 3.02. The highest BCUT2D eigenvalue weighted by atomic mass is 16.5. The van der Waals surface area contributed by atoms with E-state index in [-0.39, 0.29) is 18.4 Å². The van der Waals surface area contributed by atoms with E-state index in [0.717, 1.165) is 31.6 Å². The van der Waals surface area contributed by atoms with Crippen LogP contribution in [0.2, 0.25) is 0 Å². The molecule has 3 rings (SSSR count). The first-order valence-corrected chi connectivity index (χ1v) is 9.73. The zero-order valence-electron chi connectivity index (χ0n) is 16.2. The number of nitrogens with zero attached hydrogens (tertiary/aromatic N) is 1. The van der Waals surface area contributed by atoms with Gasteiger partial charge in [-0.1, -0.05) is 25.0 Å². The van der Waals surface area contributed by atoms with E-state index < -0.39 is 0 Å². The fraction of sp³-hybridized carbons (Fsp3) is 0.364. The van der Waals surface area contributed by atoms with Gasteiger partial charge in [-0.3, -0.25) is 9.59 Å². The lowest BCUT2D eigenvalue weighted by Gasteiger charge is -2.20. The van der Waals surface area contributed by atoms with Crippen LogP contribution >= 0.6 is 0 Å². The lowest BCUT2D eigenvalue weighted by molar-refractivity contribution is -0.114. The van der Waals surface area contributed by atoms with Crippen molar-refractivity contribution in [3.63, 3.8) is 0 Å². The van der Waals surface area contributed by atoms with E-state index in [2.05, 4.69) is 10.6 Å². The van der Waals surface area contributed by atoms with Gasteiger partial charge in [-0.15, -0.1) is 0 Å². The number of hydrogen-bond acceptors (Lipinski definition) is 4. The van der Waals surface area contributed by atoms with E-state index in [4.69, 9.17) is 4.74 Å². The molecule has 0 spiro atoms. The van der Waals surface area contributed by atoms with Crippen LogP contribution in [0.5, 0.6) is 5.75 Å². The van der Waals surface area contributed by atoms with E-state index in [1.165, 1.54) is 12.8 Å². The van der Waals surface area contributed by atoms with Crippen LogP contribution in [-0.4, -0.2) is 43.5 Å². The lowest BCUT2D eigenvalue weighted by Crippen LogP contribution is -2.31. The van der Waals surface area contributed by atoms with Crippen molar-refractivity contribution in [2.45, 2.75) is 25.7 Å². The van der Waals surface area contributed by atoms with Gasteiger partial charge in [0.15, 0.2) is 0 Å². The summed E-state index contributed by atoms with van der Waals surface area (Å²) in [7, 11) is 1.57. The standard InChI is InChI=1S/C22H27N3O3/c1-28-20-9-5-4-8-19(20)24-21(26)16-23-18-12-10-17(11-13-18)22(27)25-14-6-2-3-7-15-25/h4-5,8-13,23H,2-3,6-7,14-16H2,1H3,(H,24,26). The Morgan fingerprint density at radius 2 is 1.64 bits per heavy atom. The number of ether oxygens (including phenoxy) is 1. The summed E-state index contributed by atoms with van der Waals surface area (Å²) in [5.41, 5.74) is 2.11. The number of para-hydroxylation sites is 2. The number of methoxy groups -OCH3 is 1. The topological polar surface area (TPSA) is 70.7 Å². The third kappa shape index (κ3) is 5.25. The summed E-state index contributed by atoms with van der Waals surface area (Å²) >= 11 is 0. The highest BCUT2D eigenvalue weighted by molar-refractivity contribution is 5.96. The molecule has 6 heteroatoms. The van der Waals surface area contributed by atoms with Gasteiger partial charge < -0.3 is 20.3 Å². The van der Waals surface area contributed by atoms with Crippen LogP contribution in [0.4, 0.5) is 11.4 Å². The Kier molecular flexibility index (Phi) is 6.89. The zero-order valence-corrected chi connectivity index (χ0v) is 16.2.